The summed E-state index contributed by atoms with van der Waals surface area (Å²) >= 11 is 0. The summed E-state index contributed by atoms with van der Waals surface area (Å²) < 4.78 is 1.23. The van der Waals surface area contributed by atoms with Crippen molar-refractivity contribution in [3.05, 3.63) is 27.7 Å². The maximum Gasteiger partial charge on any atom is 0.341 e. The van der Waals surface area contributed by atoms with Crippen molar-refractivity contribution in [3.63, 3.8) is 0 Å². The van der Waals surface area contributed by atoms with Gasteiger partial charge in [0.1, 0.15) is 11.7 Å². The number of rotatable bonds is 1. The molecule has 1 fully saturated rings. The molecule has 0 radical (unpaired) electrons. The van der Waals surface area contributed by atoms with Gasteiger partial charge in [0.15, 0.2) is 11.4 Å². The van der Waals surface area contributed by atoms with E-state index in [2.05, 4.69) is 0 Å². The molecule has 2 aliphatic heterocycles. The molecule has 0 aliphatic carbocycles. The van der Waals surface area contributed by atoms with Gasteiger partial charge in [0.25, 0.3) is 5.91 Å². The molecular formula is C13H13N3O6. The number of carboxylic acid groups (broad SMARTS) is 1. The van der Waals surface area contributed by atoms with Crippen molar-refractivity contribution in [3.8, 4) is 5.75 Å². The van der Waals surface area contributed by atoms with Crippen LogP contribution in [0.1, 0.15) is 27.8 Å². The van der Waals surface area contributed by atoms with Crippen LogP contribution in [-0.4, -0.2) is 61.6 Å². The van der Waals surface area contributed by atoms with E-state index in [1.165, 1.54) is 21.3 Å². The lowest BCUT2D eigenvalue weighted by atomic mass is 10.1. The van der Waals surface area contributed by atoms with Crippen LogP contribution in [0.15, 0.2) is 11.0 Å². The first-order valence-electron chi connectivity index (χ1n) is 6.60. The molecule has 0 aromatic carbocycles. The number of fused-ring (bicyclic) bond motifs is 2. The summed E-state index contributed by atoms with van der Waals surface area (Å²) in [5.74, 6) is -3.15. The van der Waals surface area contributed by atoms with Crippen molar-refractivity contribution in [2.75, 3.05) is 13.1 Å². The van der Waals surface area contributed by atoms with E-state index in [-0.39, 0.29) is 18.1 Å². The van der Waals surface area contributed by atoms with Crippen LogP contribution < -0.4 is 5.43 Å². The smallest absolute Gasteiger partial charge is 0.341 e. The van der Waals surface area contributed by atoms with Crippen molar-refractivity contribution >= 4 is 17.8 Å². The number of hydrogen-bond donors (Lipinski definition) is 2. The molecule has 2 N–H and O–H groups in total. The summed E-state index contributed by atoms with van der Waals surface area (Å²) in [5, 5.41) is 18.9. The molecule has 0 saturated carbocycles. The van der Waals surface area contributed by atoms with Gasteiger partial charge in [-0.1, -0.05) is 0 Å². The number of nitrogens with zero attached hydrogens (tertiary/aromatic N) is 3. The molecule has 22 heavy (non-hydrogen) atoms. The highest BCUT2D eigenvalue weighted by atomic mass is 16.4. The third-order valence-electron chi connectivity index (χ3n) is 4.02. The molecule has 2 amide bonds. The highest BCUT2D eigenvalue weighted by Gasteiger charge is 2.43. The second kappa shape index (κ2) is 4.58. The average molecular weight is 307 g/mol. The highest BCUT2D eigenvalue weighted by molar-refractivity contribution is 5.98. The number of carbonyl (C=O) groups is 3. The van der Waals surface area contributed by atoms with E-state index < -0.39 is 34.8 Å². The number of pyridine rings is 1. The fourth-order valence-electron chi connectivity index (χ4n) is 2.97. The van der Waals surface area contributed by atoms with Gasteiger partial charge in [-0.2, -0.15) is 0 Å². The fraction of sp³-hybridized carbons (Fsp3) is 0.385. The number of carboxylic acids is 1. The molecule has 116 valence electrons. The van der Waals surface area contributed by atoms with Gasteiger partial charge in [0.05, 0.1) is 6.54 Å². The molecule has 1 saturated heterocycles. The Labute approximate surface area is 124 Å². The van der Waals surface area contributed by atoms with E-state index >= 15 is 0 Å². The zero-order valence-electron chi connectivity index (χ0n) is 11.6. The van der Waals surface area contributed by atoms with E-state index in [4.69, 9.17) is 5.11 Å². The Hall–Kier alpha value is -2.84. The topological polar surface area (TPSA) is 120 Å². The normalized spacial score (nSPS) is 19.9. The first kappa shape index (κ1) is 14.1. The molecule has 3 heterocycles. The quantitative estimate of drug-likeness (QED) is 0.679. The van der Waals surface area contributed by atoms with Gasteiger partial charge >= 0.3 is 5.97 Å². The maximum absolute atomic E-state index is 12.4. The zero-order chi connectivity index (χ0) is 16.2. The van der Waals surface area contributed by atoms with Gasteiger partial charge in [-0.15, -0.1) is 0 Å². The van der Waals surface area contributed by atoms with Crippen molar-refractivity contribution in [1.29, 1.82) is 0 Å². The standard InChI is InChI=1S/C13H13N3O6/c1-6(17)15-2-3-16-8(15)5-14-4-7(13(21)22)10(18)11(19)9(14)12(16)20/h4,8,19H,2-3,5H2,1H3,(H,21,22). The van der Waals surface area contributed by atoms with Crippen LogP contribution in [0.5, 0.6) is 5.75 Å². The average Bonchev–Trinajstić information content (AvgIpc) is 2.86. The summed E-state index contributed by atoms with van der Waals surface area (Å²) in [4.78, 5) is 49.8. The van der Waals surface area contributed by atoms with Crippen molar-refractivity contribution in [2.45, 2.75) is 19.6 Å². The summed E-state index contributed by atoms with van der Waals surface area (Å²) in [6, 6.07) is 0. The Morgan fingerprint density at radius 3 is 2.55 bits per heavy atom. The van der Waals surface area contributed by atoms with Crippen LogP contribution in [0, 0.1) is 0 Å². The lowest BCUT2D eigenvalue weighted by Crippen LogP contribution is -2.51. The minimum absolute atomic E-state index is 0.106. The molecule has 1 aromatic rings. The van der Waals surface area contributed by atoms with Gasteiger partial charge in [-0.05, 0) is 0 Å². The lowest BCUT2D eigenvalue weighted by Gasteiger charge is -2.35. The maximum atomic E-state index is 12.4. The molecule has 2 aliphatic rings. The van der Waals surface area contributed by atoms with Gasteiger partial charge in [0.2, 0.25) is 11.3 Å². The predicted octanol–water partition coefficient (Wildman–Crippen LogP) is -1.10. The molecule has 1 atom stereocenters. The first-order valence-corrected chi connectivity index (χ1v) is 6.60. The van der Waals surface area contributed by atoms with Gasteiger partial charge in [0, 0.05) is 26.2 Å². The van der Waals surface area contributed by atoms with Crippen LogP contribution in [0.3, 0.4) is 0 Å². The molecule has 1 unspecified atom stereocenters. The molecular weight excluding hydrogens is 294 g/mol. The number of aromatic nitrogens is 1. The number of amides is 2. The second-order valence-corrected chi connectivity index (χ2v) is 5.22. The Balaban J connectivity index is 2.16. The molecule has 9 heteroatoms. The number of aromatic hydroxyl groups is 1. The Morgan fingerprint density at radius 1 is 1.27 bits per heavy atom. The Kier molecular flexibility index (Phi) is 2.94. The van der Waals surface area contributed by atoms with Crippen LogP contribution >= 0.6 is 0 Å². The van der Waals surface area contributed by atoms with E-state index in [1.54, 1.807) is 0 Å². The third kappa shape index (κ3) is 1.78. The van der Waals surface area contributed by atoms with Crippen LogP contribution in [-0.2, 0) is 11.3 Å². The van der Waals surface area contributed by atoms with E-state index in [1.807, 2.05) is 0 Å². The minimum Gasteiger partial charge on any atom is -0.503 e. The van der Waals surface area contributed by atoms with E-state index in [0.717, 1.165) is 6.20 Å². The van der Waals surface area contributed by atoms with Crippen LogP contribution in [0.25, 0.3) is 0 Å². The second-order valence-electron chi connectivity index (χ2n) is 5.22. The SMILES string of the molecule is CC(=O)N1CCN2C(=O)c3c(O)c(=O)c(C(=O)O)cn3CC12. The van der Waals surface area contributed by atoms with Gasteiger partial charge in [-0.3, -0.25) is 14.4 Å². The van der Waals surface area contributed by atoms with E-state index in [9.17, 15) is 24.3 Å². The summed E-state index contributed by atoms with van der Waals surface area (Å²) in [6.07, 6.45) is 0.493. The summed E-state index contributed by atoms with van der Waals surface area (Å²) in [5.41, 5.74) is -1.94. The summed E-state index contributed by atoms with van der Waals surface area (Å²) in [7, 11) is 0. The molecule has 9 nitrogen and oxygen atoms in total. The van der Waals surface area contributed by atoms with E-state index in [0.29, 0.717) is 13.1 Å². The number of hydrogen-bond acceptors (Lipinski definition) is 5. The van der Waals surface area contributed by atoms with Gasteiger partial charge < -0.3 is 24.6 Å². The molecule has 0 bridgehead atoms. The van der Waals surface area contributed by atoms with Crippen molar-refractivity contribution in [1.82, 2.24) is 14.4 Å². The molecule has 0 spiro atoms. The zero-order valence-corrected chi connectivity index (χ0v) is 11.6. The Morgan fingerprint density at radius 2 is 1.95 bits per heavy atom. The van der Waals surface area contributed by atoms with Crippen LogP contribution in [0.2, 0.25) is 0 Å². The largest absolute Gasteiger partial charge is 0.503 e. The van der Waals surface area contributed by atoms with Crippen LogP contribution in [0.4, 0.5) is 0 Å². The first-order chi connectivity index (χ1) is 10.3. The predicted molar refractivity (Wildman–Crippen MR) is 71.5 cm³/mol. The van der Waals surface area contributed by atoms with Crippen molar-refractivity contribution < 1.29 is 24.6 Å². The highest BCUT2D eigenvalue weighted by Crippen LogP contribution is 2.28. The number of aromatic carboxylic acids is 1. The Bertz CT molecular complexity index is 768. The fourth-order valence-corrected chi connectivity index (χ4v) is 2.97. The third-order valence-corrected chi connectivity index (χ3v) is 4.02. The minimum atomic E-state index is -1.49. The van der Waals surface area contributed by atoms with Gasteiger partial charge in [-0.25, -0.2) is 4.79 Å². The monoisotopic (exact) mass is 307 g/mol. The lowest BCUT2D eigenvalue weighted by molar-refractivity contribution is -0.131. The van der Waals surface area contributed by atoms with Crippen molar-refractivity contribution in [2.24, 2.45) is 0 Å². The summed E-state index contributed by atoms with van der Waals surface area (Å²) in [6.45, 7) is 2.15. The number of carbonyl (C=O) groups excluding carboxylic acids is 2. The molecule has 1 aromatic heterocycles. The molecule has 3 rings (SSSR count).